The molecule has 8 heteroatoms. The van der Waals surface area contributed by atoms with E-state index in [1.807, 2.05) is 30.3 Å². The number of benzene rings is 3. The number of anilines is 1. The van der Waals surface area contributed by atoms with E-state index in [2.05, 4.69) is 15.4 Å². The Morgan fingerprint density at radius 3 is 2.05 bits per heavy atom. The molecule has 4 fully saturated rings. The Hall–Kier alpha value is -3.23. The molecule has 0 heterocycles. The fraction of sp³-hybridized carbons (Fsp3) is 0.471. The fourth-order valence-electron chi connectivity index (χ4n) is 8.06. The van der Waals surface area contributed by atoms with Gasteiger partial charge in [-0.2, -0.15) is 0 Å². The van der Waals surface area contributed by atoms with Crippen LogP contribution in [0, 0.1) is 23.2 Å². The van der Waals surface area contributed by atoms with Crippen LogP contribution in [0.3, 0.4) is 0 Å². The largest absolute Gasteiger partial charge is 0.343 e. The number of fused-ring (bicyclic) bond motifs is 1. The Morgan fingerprint density at radius 2 is 1.43 bits per heavy atom. The van der Waals surface area contributed by atoms with Gasteiger partial charge in [0.15, 0.2) is 0 Å². The molecule has 0 aliphatic heterocycles. The lowest BCUT2D eigenvalue weighted by atomic mass is 9.49. The Kier molecular flexibility index (Phi) is 7.42. The lowest BCUT2D eigenvalue weighted by Crippen LogP contribution is -2.57. The molecule has 4 saturated carbocycles. The van der Waals surface area contributed by atoms with Crippen LogP contribution in [0.4, 0.5) is 5.69 Å². The zero-order valence-electron chi connectivity index (χ0n) is 24.7. The third-order valence-corrected chi connectivity index (χ3v) is 11.1. The van der Waals surface area contributed by atoms with Crippen LogP contribution >= 0.6 is 0 Å². The summed E-state index contributed by atoms with van der Waals surface area (Å²) in [5.41, 5.74) is 0.453. The van der Waals surface area contributed by atoms with E-state index in [0.29, 0.717) is 40.6 Å². The second-order valence-electron chi connectivity index (χ2n) is 13.9. The summed E-state index contributed by atoms with van der Waals surface area (Å²) in [6.07, 6.45) is 6.86. The smallest absolute Gasteiger partial charge is 0.247 e. The average molecular weight is 588 g/mol. The molecule has 222 valence electrons. The third-order valence-electron chi connectivity index (χ3n) is 9.29. The summed E-state index contributed by atoms with van der Waals surface area (Å²) in [5.74, 6) is 1.56. The lowest BCUT2D eigenvalue weighted by Gasteiger charge is -2.55. The standard InChI is InChI=1S/C34H41N3O4S/c1-33(2,3)37-42(40,41)30-14-8-11-26-27(30)12-7-13-28(26)35-31(38)29(18-22-9-5-4-6-10-22)36-32(39)34-19-23-15-24(20-34)17-25(16-23)21-34/h4-14,23-25,29,37H,15-21H2,1-3H3,(H,35,38)(H,36,39). The van der Waals surface area contributed by atoms with Crippen molar-refractivity contribution in [3.05, 3.63) is 72.3 Å². The molecule has 0 aromatic heterocycles. The predicted molar refractivity (Wildman–Crippen MR) is 165 cm³/mol. The summed E-state index contributed by atoms with van der Waals surface area (Å²) in [7, 11) is -3.80. The van der Waals surface area contributed by atoms with Crippen molar-refractivity contribution in [3.8, 4) is 0 Å². The molecule has 4 aliphatic rings. The molecule has 7 rings (SSSR count). The molecule has 0 saturated heterocycles. The van der Waals surface area contributed by atoms with Gasteiger partial charge in [0.25, 0.3) is 0 Å². The van der Waals surface area contributed by atoms with E-state index in [0.717, 1.165) is 24.8 Å². The highest BCUT2D eigenvalue weighted by atomic mass is 32.2. The van der Waals surface area contributed by atoms with E-state index in [-0.39, 0.29) is 22.1 Å². The maximum atomic E-state index is 14.0. The first-order valence-corrected chi connectivity index (χ1v) is 16.6. The highest BCUT2D eigenvalue weighted by molar-refractivity contribution is 7.89. The maximum Gasteiger partial charge on any atom is 0.247 e. The van der Waals surface area contributed by atoms with Gasteiger partial charge in [-0.15, -0.1) is 0 Å². The zero-order valence-corrected chi connectivity index (χ0v) is 25.5. The summed E-state index contributed by atoms with van der Waals surface area (Å²) in [6, 6.07) is 19.3. The topological polar surface area (TPSA) is 104 Å². The number of nitrogens with one attached hydrogen (secondary N) is 3. The number of rotatable bonds is 8. The first kappa shape index (κ1) is 28.9. The summed E-state index contributed by atoms with van der Waals surface area (Å²) >= 11 is 0. The van der Waals surface area contributed by atoms with Gasteiger partial charge in [0.2, 0.25) is 21.8 Å². The van der Waals surface area contributed by atoms with Crippen molar-refractivity contribution in [2.45, 2.75) is 82.2 Å². The molecule has 3 aromatic carbocycles. The Balaban J connectivity index is 1.28. The van der Waals surface area contributed by atoms with Crippen LogP contribution in [0.5, 0.6) is 0 Å². The predicted octanol–water partition coefficient (Wildman–Crippen LogP) is 5.80. The first-order chi connectivity index (χ1) is 19.9. The van der Waals surface area contributed by atoms with Gasteiger partial charge in [-0.25, -0.2) is 13.1 Å². The fourth-order valence-corrected chi connectivity index (χ4v) is 9.70. The number of carbonyl (C=O) groups excluding carboxylic acids is 2. The maximum absolute atomic E-state index is 14.0. The molecule has 3 N–H and O–H groups in total. The molecular weight excluding hydrogens is 546 g/mol. The second-order valence-corrected chi connectivity index (χ2v) is 15.6. The van der Waals surface area contributed by atoms with Crippen molar-refractivity contribution < 1.29 is 18.0 Å². The van der Waals surface area contributed by atoms with Gasteiger partial charge in [0, 0.05) is 33.8 Å². The number of hydrogen-bond donors (Lipinski definition) is 3. The van der Waals surface area contributed by atoms with Crippen molar-refractivity contribution in [2.24, 2.45) is 23.2 Å². The van der Waals surface area contributed by atoms with E-state index in [9.17, 15) is 18.0 Å². The van der Waals surface area contributed by atoms with Gasteiger partial charge in [0.1, 0.15) is 6.04 Å². The van der Waals surface area contributed by atoms with Gasteiger partial charge < -0.3 is 10.6 Å². The number of sulfonamides is 1. The van der Waals surface area contributed by atoms with Crippen LogP contribution in [0.1, 0.15) is 64.9 Å². The minimum Gasteiger partial charge on any atom is -0.343 e. The minimum absolute atomic E-state index is 0.0113. The molecule has 1 unspecified atom stereocenters. The summed E-state index contributed by atoms with van der Waals surface area (Å²) in [6.45, 7) is 5.39. The van der Waals surface area contributed by atoms with Gasteiger partial charge in [-0.3, -0.25) is 9.59 Å². The minimum atomic E-state index is -3.80. The van der Waals surface area contributed by atoms with E-state index in [4.69, 9.17) is 0 Å². The Labute approximate surface area is 248 Å². The van der Waals surface area contributed by atoms with E-state index >= 15 is 0 Å². The van der Waals surface area contributed by atoms with E-state index in [1.165, 1.54) is 19.3 Å². The summed E-state index contributed by atoms with van der Waals surface area (Å²) in [4.78, 5) is 28.1. The van der Waals surface area contributed by atoms with Crippen molar-refractivity contribution in [3.63, 3.8) is 0 Å². The first-order valence-electron chi connectivity index (χ1n) is 15.1. The number of hydrogen-bond acceptors (Lipinski definition) is 4. The van der Waals surface area contributed by atoms with Crippen LogP contribution in [-0.2, 0) is 26.0 Å². The van der Waals surface area contributed by atoms with Crippen LogP contribution in [0.15, 0.2) is 71.6 Å². The highest BCUT2D eigenvalue weighted by Gasteiger charge is 2.55. The highest BCUT2D eigenvalue weighted by Crippen LogP contribution is 2.60. The SMILES string of the molecule is CC(C)(C)NS(=O)(=O)c1cccc2c(NC(=O)C(Cc3ccccc3)NC(=O)C34CC5CC(CC(C5)C3)C4)cccc12. The molecule has 2 amide bonds. The molecular formula is C34H41N3O4S. The molecule has 42 heavy (non-hydrogen) atoms. The second kappa shape index (κ2) is 10.8. The number of carbonyl (C=O) groups is 2. The third kappa shape index (κ3) is 5.84. The van der Waals surface area contributed by atoms with Crippen molar-refractivity contribution in [1.82, 2.24) is 10.0 Å². The molecule has 3 aromatic rings. The van der Waals surface area contributed by atoms with Crippen LogP contribution in [-0.4, -0.2) is 31.8 Å². The normalized spacial score (nSPS) is 25.7. The van der Waals surface area contributed by atoms with Crippen LogP contribution in [0.25, 0.3) is 10.8 Å². The van der Waals surface area contributed by atoms with E-state index in [1.54, 1.807) is 57.2 Å². The summed E-state index contributed by atoms with van der Waals surface area (Å²) in [5, 5.41) is 7.37. The van der Waals surface area contributed by atoms with Crippen molar-refractivity contribution >= 4 is 38.3 Å². The Bertz CT molecular complexity index is 1580. The molecule has 0 spiro atoms. The van der Waals surface area contributed by atoms with Gasteiger partial charge in [-0.05, 0) is 94.7 Å². The van der Waals surface area contributed by atoms with Crippen LogP contribution in [0.2, 0.25) is 0 Å². The lowest BCUT2D eigenvalue weighted by molar-refractivity contribution is -0.148. The number of amides is 2. The molecule has 4 bridgehead atoms. The molecule has 7 nitrogen and oxygen atoms in total. The zero-order chi connectivity index (χ0) is 29.7. The van der Waals surface area contributed by atoms with Crippen molar-refractivity contribution in [1.29, 1.82) is 0 Å². The molecule has 4 aliphatic carbocycles. The van der Waals surface area contributed by atoms with Gasteiger partial charge >= 0.3 is 0 Å². The van der Waals surface area contributed by atoms with Gasteiger partial charge in [-0.1, -0.05) is 54.6 Å². The average Bonchev–Trinajstić information content (AvgIpc) is 2.91. The van der Waals surface area contributed by atoms with E-state index < -0.39 is 21.6 Å². The Morgan fingerprint density at radius 1 is 0.833 bits per heavy atom. The van der Waals surface area contributed by atoms with Crippen molar-refractivity contribution in [2.75, 3.05) is 5.32 Å². The van der Waals surface area contributed by atoms with Gasteiger partial charge in [0.05, 0.1) is 4.90 Å². The summed E-state index contributed by atoms with van der Waals surface area (Å²) < 4.78 is 29.2. The molecule has 0 radical (unpaired) electrons. The van der Waals surface area contributed by atoms with Crippen LogP contribution < -0.4 is 15.4 Å². The molecule has 1 atom stereocenters. The quantitative estimate of drug-likeness (QED) is 0.310. The monoisotopic (exact) mass is 587 g/mol.